The van der Waals surface area contributed by atoms with Crippen LogP contribution < -0.4 is 5.43 Å². The average molecular weight is 346 g/mol. The molecule has 0 spiro atoms. The molecule has 122 valence electrons. The van der Waals surface area contributed by atoms with Gasteiger partial charge in [-0.15, -0.1) is 0 Å². The highest BCUT2D eigenvalue weighted by molar-refractivity contribution is 6.31. The molecule has 1 heterocycles. The average Bonchev–Trinajstić information content (AvgIpc) is 2.64. The van der Waals surface area contributed by atoms with Gasteiger partial charge in [0.1, 0.15) is 0 Å². The highest BCUT2D eigenvalue weighted by atomic mass is 35.5. The van der Waals surface area contributed by atoms with Crippen LogP contribution in [0.1, 0.15) is 5.69 Å². The van der Waals surface area contributed by atoms with E-state index in [4.69, 9.17) is 11.6 Å². The number of halogens is 1. The first kappa shape index (κ1) is 15.7. The number of pyridine rings is 1. The monoisotopic (exact) mass is 345 g/mol. The number of aryl methyl sites for hydroxylation is 1. The first-order valence-electron chi connectivity index (χ1n) is 8.11. The van der Waals surface area contributed by atoms with E-state index in [1.54, 1.807) is 12.1 Å². The van der Waals surface area contributed by atoms with E-state index in [9.17, 15) is 4.79 Å². The minimum Gasteiger partial charge on any atom is -0.358 e. The lowest BCUT2D eigenvalue weighted by Gasteiger charge is -2.10. The van der Waals surface area contributed by atoms with E-state index in [1.165, 1.54) is 0 Å². The van der Waals surface area contributed by atoms with E-state index in [-0.39, 0.29) is 5.43 Å². The van der Waals surface area contributed by atoms with Crippen LogP contribution in [0.3, 0.4) is 0 Å². The Labute approximate surface area is 150 Å². The Morgan fingerprint density at radius 1 is 0.800 bits per heavy atom. The third kappa shape index (κ3) is 2.86. The molecule has 3 heteroatoms. The van der Waals surface area contributed by atoms with Crippen molar-refractivity contribution in [1.82, 2.24) is 4.98 Å². The Morgan fingerprint density at radius 2 is 1.44 bits per heavy atom. The van der Waals surface area contributed by atoms with Crippen molar-refractivity contribution in [2.24, 2.45) is 0 Å². The topological polar surface area (TPSA) is 32.9 Å². The number of fused-ring (bicyclic) bond motifs is 1. The number of benzene rings is 3. The summed E-state index contributed by atoms with van der Waals surface area (Å²) in [5.74, 6) is 0. The van der Waals surface area contributed by atoms with E-state index in [0.29, 0.717) is 16.0 Å². The van der Waals surface area contributed by atoms with Crippen molar-refractivity contribution in [3.05, 3.63) is 93.7 Å². The smallest absolute Gasteiger partial charge is 0.197 e. The molecule has 0 fully saturated rings. The number of aromatic nitrogens is 1. The van der Waals surface area contributed by atoms with Gasteiger partial charge in [-0.25, -0.2) is 0 Å². The van der Waals surface area contributed by atoms with Crippen molar-refractivity contribution in [3.63, 3.8) is 0 Å². The minimum absolute atomic E-state index is 0.00112. The largest absolute Gasteiger partial charge is 0.358 e. The van der Waals surface area contributed by atoms with Gasteiger partial charge >= 0.3 is 0 Å². The number of nitrogens with one attached hydrogen (secondary N) is 1. The van der Waals surface area contributed by atoms with Gasteiger partial charge in [0.15, 0.2) is 5.43 Å². The third-order valence-electron chi connectivity index (χ3n) is 4.43. The first-order valence-corrected chi connectivity index (χ1v) is 8.49. The van der Waals surface area contributed by atoms with Crippen LogP contribution in [-0.4, -0.2) is 4.98 Å². The molecular formula is C22H16ClNO. The molecule has 3 aromatic carbocycles. The van der Waals surface area contributed by atoms with Gasteiger partial charge in [0.2, 0.25) is 0 Å². The number of hydrogen-bond acceptors (Lipinski definition) is 1. The Kier molecular flexibility index (Phi) is 3.90. The predicted molar refractivity (Wildman–Crippen MR) is 105 cm³/mol. The summed E-state index contributed by atoms with van der Waals surface area (Å²) in [6, 6.07) is 23.6. The van der Waals surface area contributed by atoms with Gasteiger partial charge in [0, 0.05) is 27.2 Å². The maximum atomic E-state index is 13.0. The summed E-state index contributed by atoms with van der Waals surface area (Å²) in [5.41, 5.74) is 5.53. The van der Waals surface area contributed by atoms with E-state index in [1.807, 2.05) is 55.5 Å². The molecule has 1 N–H and O–H groups in total. The van der Waals surface area contributed by atoms with Crippen LogP contribution in [0.4, 0.5) is 0 Å². The van der Waals surface area contributed by atoms with Gasteiger partial charge in [-0.05, 0) is 41.8 Å². The number of aromatic amines is 1. The van der Waals surface area contributed by atoms with E-state index >= 15 is 0 Å². The van der Waals surface area contributed by atoms with E-state index < -0.39 is 0 Å². The van der Waals surface area contributed by atoms with Gasteiger partial charge in [-0.3, -0.25) is 4.79 Å². The third-order valence-corrected chi connectivity index (χ3v) is 4.67. The molecule has 4 rings (SSSR count). The maximum Gasteiger partial charge on any atom is 0.197 e. The SMILES string of the molecule is Cc1[nH]c2ccc(Cl)cc2c(=O)c1-c1ccc(-c2ccccc2)cc1. The molecule has 0 amide bonds. The van der Waals surface area contributed by atoms with E-state index in [2.05, 4.69) is 17.1 Å². The van der Waals surface area contributed by atoms with Crippen molar-refractivity contribution >= 4 is 22.5 Å². The quantitative estimate of drug-likeness (QED) is 0.487. The summed E-state index contributed by atoms with van der Waals surface area (Å²) in [6.07, 6.45) is 0. The molecule has 0 saturated carbocycles. The zero-order valence-electron chi connectivity index (χ0n) is 13.7. The van der Waals surface area contributed by atoms with Crippen LogP contribution in [0.2, 0.25) is 5.02 Å². The zero-order valence-corrected chi connectivity index (χ0v) is 14.5. The lowest BCUT2D eigenvalue weighted by Crippen LogP contribution is -2.09. The number of H-pyrrole nitrogens is 1. The number of hydrogen-bond donors (Lipinski definition) is 1. The van der Waals surface area contributed by atoms with Crippen LogP contribution in [0.5, 0.6) is 0 Å². The van der Waals surface area contributed by atoms with Gasteiger partial charge < -0.3 is 4.98 Å². The van der Waals surface area contributed by atoms with Gasteiger partial charge in [-0.1, -0.05) is 66.2 Å². The molecule has 1 aromatic heterocycles. The summed E-state index contributed by atoms with van der Waals surface area (Å²) in [5, 5.41) is 1.17. The van der Waals surface area contributed by atoms with E-state index in [0.717, 1.165) is 27.9 Å². The summed E-state index contributed by atoms with van der Waals surface area (Å²) in [4.78, 5) is 16.3. The summed E-state index contributed by atoms with van der Waals surface area (Å²) >= 11 is 6.06. The molecule has 25 heavy (non-hydrogen) atoms. The highest BCUT2D eigenvalue weighted by Gasteiger charge is 2.12. The Balaban J connectivity index is 1.86. The molecule has 0 saturated heterocycles. The second-order valence-corrected chi connectivity index (χ2v) is 6.52. The fourth-order valence-electron chi connectivity index (χ4n) is 3.19. The summed E-state index contributed by atoms with van der Waals surface area (Å²) in [7, 11) is 0. The maximum absolute atomic E-state index is 13.0. The molecular weight excluding hydrogens is 330 g/mol. The minimum atomic E-state index is 0.00112. The van der Waals surface area contributed by atoms with Crippen LogP contribution in [-0.2, 0) is 0 Å². The molecule has 0 aliphatic carbocycles. The Bertz CT molecular complexity index is 1110. The lowest BCUT2D eigenvalue weighted by atomic mass is 9.98. The van der Waals surface area contributed by atoms with Gasteiger partial charge in [-0.2, -0.15) is 0 Å². The molecule has 0 bridgehead atoms. The molecule has 0 aliphatic heterocycles. The van der Waals surface area contributed by atoms with Crippen molar-refractivity contribution in [2.75, 3.05) is 0 Å². The normalized spacial score (nSPS) is 11.0. The van der Waals surface area contributed by atoms with Crippen molar-refractivity contribution in [2.45, 2.75) is 6.92 Å². The zero-order chi connectivity index (χ0) is 17.4. The molecule has 4 aromatic rings. The lowest BCUT2D eigenvalue weighted by molar-refractivity contribution is 1.24. The van der Waals surface area contributed by atoms with Crippen molar-refractivity contribution in [3.8, 4) is 22.3 Å². The van der Waals surface area contributed by atoms with Crippen LogP contribution in [0.15, 0.2) is 77.6 Å². The molecule has 0 radical (unpaired) electrons. The van der Waals surface area contributed by atoms with Crippen molar-refractivity contribution < 1.29 is 0 Å². The molecule has 0 aliphatic rings. The first-order chi connectivity index (χ1) is 12.1. The van der Waals surface area contributed by atoms with Crippen LogP contribution in [0.25, 0.3) is 33.2 Å². The fraction of sp³-hybridized carbons (Fsp3) is 0.0455. The fourth-order valence-corrected chi connectivity index (χ4v) is 3.36. The summed E-state index contributed by atoms with van der Waals surface area (Å²) in [6.45, 7) is 1.93. The Morgan fingerprint density at radius 3 is 2.16 bits per heavy atom. The summed E-state index contributed by atoms with van der Waals surface area (Å²) < 4.78 is 0. The molecule has 0 unspecified atom stereocenters. The standard InChI is InChI=1S/C22H16ClNO/c1-14-21(22(25)19-13-18(23)11-12-20(19)24-14)17-9-7-16(8-10-17)15-5-3-2-4-6-15/h2-13H,1H3,(H,24,25). The Hall–Kier alpha value is -2.84. The molecule has 2 nitrogen and oxygen atoms in total. The number of rotatable bonds is 2. The second-order valence-electron chi connectivity index (χ2n) is 6.09. The second kappa shape index (κ2) is 6.23. The van der Waals surface area contributed by atoms with Crippen LogP contribution in [0, 0.1) is 6.92 Å². The van der Waals surface area contributed by atoms with Crippen molar-refractivity contribution in [1.29, 1.82) is 0 Å². The van der Waals surface area contributed by atoms with Crippen LogP contribution >= 0.6 is 11.6 Å². The highest BCUT2D eigenvalue weighted by Crippen LogP contribution is 2.26. The van der Waals surface area contributed by atoms with Gasteiger partial charge in [0.25, 0.3) is 0 Å². The predicted octanol–water partition coefficient (Wildman–Crippen LogP) is 5.82. The molecule has 0 atom stereocenters. The van der Waals surface area contributed by atoms with Gasteiger partial charge in [0.05, 0.1) is 0 Å².